The second-order valence-corrected chi connectivity index (χ2v) is 2.60. The number of nitrogens with one attached hydrogen (secondary N) is 1. The van der Waals surface area contributed by atoms with Crippen molar-refractivity contribution in [2.45, 2.75) is 25.3 Å². The van der Waals surface area contributed by atoms with Crippen LogP contribution in [0.2, 0.25) is 0 Å². The third kappa shape index (κ3) is 1.60. The Kier molecular flexibility index (Phi) is 2.11. The van der Waals surface area contributed by atoms with E-state index in [4.69, 9.17) is 5.21 Å². The highest BCUT2D eigenvalue weighted by molar-refractivity contribution is 5.72. The van der Waals surface area contributed by atoms with Gasteiger partial charge in [0.25, 0.3) is 0 Å². The number of urea groups is 1. The third-order valence-electron chi connectivity index (χ3n) is 1.73. The minimum atomic E-state index is -0.412. The van der Waals surface area contributed by atoms with Gasteiger partial charge in [-0.05, 0) is 19.3 Å². The van der Waals surface area contributed by atoms with Crippen LogP contribution < -0.4 is 5.32 Å². The molecule has 4 nitrogen and oxygen atoms in total. The predicted molar refractivity (Wildman–Crippen MR) is 35.7 cm³/mol. The number of carbonyl (C=O) groups excluding carboxylic acids is 1. The topological polar surface area (TPSA) is 52.6 Å². The molecule has 0 atom stereocenters. The summed E-state index contributed by atoms with van der Waals surface area (Å²) in [5, 5.41) is 11.8. The van der Waals surface area contributed by atoms with E-state index in [0.29, 0.717) is 11.1 Å². The number of rotatable bonds is 1. The summed E-state index contributed by atoms with van der Waals surface area (Å²) in [6, 6.07) is -0.119. The molecular weight excluding hydrogens is 132 g/mol. The molecule has 2 N–H and O–H groups in total. The number of hydrogen-bond acceptors (Lipinski definition) is 2. The Labute approximate surface area is 59.8 Å². The van der Waals surface area contributed by atoms with Crippen LogP contribution in [0.15, 0.2) is 0 Å². The number of hydroxylamine groups is 2. The second-order valence-electron chi connectivity index (χ2n) is 2.60. The van der Waals surface area contributed by atoms with E-state index in [1.165, 1.54) is 13.5 Å². The van der Waals surface area contributed by atoms with Crippen molar-refractivity contribution in [3.8, 4) is 0 Å². The molecule has 10 heavy (non-hydrogen) atoms. The van der Waals surface area contributed by atoms with Crippen LogP contribution in [0.3, 0.4) is 0 Å². The Balaban J connectivity index is 2.17. The Morgan fingerprint density at radius 2 is 2.30 bits per heavy atom. The van der Waals surface area contributed by atoms with E-state index >= 15 is 0 Å². The van der Waals surface area contributed by atoms with E-state index in [2.05, 4.69) is 5.32 Å². The van der Waals surface area contributed by atoms with Gasteiger partial charge in [-0.15, -0.1) is 0 Å². The summed E-state index contributed by atoms with van der Waals surface area (Å²) >= 11 is 0. The molecule has 0 aromatic carbocycles. The Morgan fingerprint density at radius 3 is 2.60 bits per heavy atom. The van der Waals surface area contributed by atoms with Crippen LogP contribution in [0.1, 0.15) is 19.3 Å². The smallest absolute Gasteiger partial charge is 0.333 e. The third-order valence-corrected chi connectivity index (χ3v) is 1.73. The van der Waals surface area contributed by atoms with Gasteiger partial charge in [0.2, 0.25) is 0 Å². The summed E-state index contributed by atoms with van der Waals surface area (Å²) in [6.45, 7) is 0. The van der Waals surface area contributed by atoms with Gasteiger partial charge in [0.05, 0.1) is 0 Å². The molecule has 0 aromatic heterocycles. The van der Waals surface area contributed by atoms with Gasteiger partial charge in [0, 0.05) is 13.1 Å². The molecule has 58 valence electrons. The van der Waals surface area contributed by atoms with Crippen molar-refractivity contribution in [1.82, 2.24) is 10.4 Å². The summed E-state index contributed by atoms with van der Waals surface area (Å²) < 4.78 is 0. The summed E-state index contributed by atoms with van der Waals surface area (Å²) in [6.07, 6.45) is 3.26. The van der Waals surface area contributed by atoms with Crippen molar-refractivity contribution in [2.24, 2.45) is 0 Å². The molecule has 0 radical (unpaired) electrons. The summed E-state index contributed by atoms with van der Waals surface area (Å²) in [7, 11) is 1.31. The SMILES string of the molecule is CN(O)C(=O)NC1CCC1. The van der Waals surface area contributed by atoms with Crippen molar-refractivity contribution >= 4 is 6.03 Å². The van der Waals surface area contributed by atoms with Gasteiger partial charge in [-0.2, -0.15) is 0 Å². The average Bonchev–Trinajstić information content (AvgIpc) is 1.77. The van der Waals surface area contributed by atoms with Crippen LogP contribution in [0.25, 0.3) is 0 Å². The van der Waals surface area contributed by atoms with Crippen molar-refractivity contribution < 1.29 is 10.0 Å². The fraction of sp³-hybridized carbons (Fsp3) is 0.833. The number of nitrogens with zero attached hydrogens (tertiary/aromatic N) is 1. The molecule has 1 aliphatic carbocycles. The zero-order valence-corrected chi connectivity index (χ0v) is 6.00. The molecule has 0 unspecified atom stereocenters. The fourth-order valence-corrected chi connectivity index (χ4v) is 0.821. The van der Waals surface area contributed by atoms with Gasteiger partial charge in [0.1, 0.15) is 0 Å². The Hall–Kier alpha value is -0.770. The lowest BCUT2D eigenvalue weighted by molar-refractivity contribution is -0.0204. The second kappa shape index (κ2) is 2.88. The summed E-state index contributed by atoms with van der Waals surface area (Å²) in [5.74, 6) is 0. The maximum atomic E-state index is 10.7. The molecule has 0 bridgehead atoms. The summed E-state index contributed by atoms with van der Waals surface area (Å²) in [5.41, 5.74) is 0. The van der Waals surface area contributed by atoms with Gasteiger partial charge >= 0.3 is 6.03 Å². The van der Waals surface area contributed by atoms with Crippen LogP contribution in [-0.2, 0) is 0 Å². The van der Waals surface area contributed by atoms with Gasteiger partial charge in [0.15, 0.2) is 0 Å². The molecule has 0 heterocycles. The monoisotopic (exact) mass is 144 g/mol. The van der Waals surface area contributed by atoms with Crippen LogP contribution in [0, 0.1) is 0 Å². The zero-order valence-electron chi connectivity index (χ0n) is 6.00. The minimum absolute atomic E-state index is 0.294. The Bertz CT molecular complexity index is 132. The first-order valence-corrected chi connectivity index (χ1v) is 3.43. The van der Waals surface area contributed by atoms with Crippen LogP contribution in [0.4, 0.5) is 4.79 Å². The molecule has 0 aromatic rings. The van der Waals surface area contributed by atoms with E-state index < -0.39 is 6.03 Å². The molecular formula is C6H12N2O2. The van der Waals surface area contributed by atoms with Crippen LogP contribution >= 0.6 is 0 Å². The van der Waals surface area contributed by atoms with E-state index in [0.717, 1.165) is 12.8 Å². The van der Waals surface area contributed by atoms with Crippen molar-refractivity contribution in [1.29, 1.82) is 0 Å². The molecule has 1 rings (SSSR count). The molecule has 1 aliphatic rings. The Morgan fingerprint density at radius 1 is 1.70 bits per heavy atom. The molecule has 1 saturated carbocycles. The molecule has 0 spiro atoms. The molecule has 4 heteroatoms. The maximum absolute atomic E-state index is 10.7. The average molecular weight is 144 g/mol. The van der Waals surface area contributed by atoms with Crippen LogP contribution in [-0.4, -0.2) is 29.4 Å². The maximum Gasteiger partial charge on any atom is 0.341 e. The van der Waals surface area contributed by atoms with Crippen molar-refractivity contribution in [3.63, 3.8) is 0 Å². The van der Waals surface area contributed by atoms with Gasteiger partial charge in [-0.25, -0.2) is 9.86 Å². The molecule has 0 saturated heterocycles. The highest BCUT2D eigenvalue weighted by atomic mass is 16.5. The number of carbonyl (C=O) groups is 1. The van der Waals surface area contributed by atoms with Gasteiger partial charge < -0.3 is 5.32 Å². The quantitative estimate of drug-likeness (QED) is 0.417. The first kappa shape index (κ1) is 7.34. The number of hydrogen-bond donors (Lipinski definition) is 2. The highest BCUT2D eigenvalue weighted by Gasteiger charge is 2.20. The van der Waals surface area contributed by atoms with E-state index in [-0.39, 0.29) is 0 Å². The van der Waals surface area contributed by atoms with Gasteiger partial charge in [-0.1, -0.05) is 0 Å². The molecule has 0 aliphatic heterocycles. The standard InChI is InChI=1S/C6H12N2O2/c1-8(10)6(9)7-5-3-2-4-5/h5,10H,2-4H2,1H3,(H,7,9). The lowest BCUT2D eigenvalue weighted by Crippen LogP contribution is -2.44. The lowest BCUT2D eigenvalue weighted by Gasteiger charge is -2.27. The van der Waals surface area contributed by atoms with Gasteiger partial charge in [-0.3, -0.25) is 5.21 Å². The van der Waals surface area contributed by atoms with Crippen LogP contribution in [0.5, 0.6) is 0 Å². The zero-order chi connectivity index (χ0) is 7.56. The highest BCUT2D eigenvalue weighted by Crippen LogP contribution is 2.17. The molecule has 2 amide bonds. The first-order chi connectivity index (χ1) is 4.70. The predicted octanol–water partition coefficient (Wildman–Crippen LogP) is 0.569. The number of amides is 2. The van der Waals surface area contributed by atoms with Crippen molar-refractivity contribution in [3.05, 3.63) is 0 Å². The lowest BCUT2D eigenvalue weighted by atomic mass is 9.93. The minimum Gasteiger partial charge on any atom is -0.333 e. The molecule has 1 fully saturated rings. The first-order valence-electron chi connectivity index (χ1n) is 3.43. The van der Waals surface area contributed by atoms with E-state index in [1.54, 1.807) is 0 Å². The van der Waals surface area contributed by atoms with E-state index in [9.17, 15) is 4.79 Å². The normalized spacial score (nSPS) is 17.8. The van der Waals surface area contributed by atoms with E-state index in [1.807, 2.05) is 0 Å². The fourth-order valence-electron chi connectivity index (χ4n) is 0.821. The van der Waals surface area contributed by atoms with Crippen molar-refractivity contribution in [2.75, 3.05) is 7.05 Å². The summed E-state index contributed by atoms with van der Waals surface area (Å²) in [4.78, 5) is 10.7. The largest absolute Gasteiger partial charge is 0.341 e.